The number of rotatable bonds is 24. The Bertz CT molecular complexity index is 5290. The summed E-state index contributed by atoms with van der Waals surface area (Å²) in [4.78, 5) is 82.9. The van der Waals surface area contributed by atoms with Gasteiger partial charge in [0.2, 0.25) is 29.3 Å². The number of anilines is 5. The summed E-state index contributed by atoms with van der Waals surface area (Å²) in [6.07, 6.45) is 7.92. The molecule has 5 aromatic carbocycles. The number of carbonyl (C=O) groups excluding carboxylic acids is 4. The van der Waals surface area contributed by atoms with Gasteiger partial charge in [-0.15, -0.1) is 0 Å². The summed E-state index contributed by atoms with van der Waals surface area (Å²) < 4.78 is 77.4. The smallest absolute Gasteiger partial charge is 0.417 e. The summed E-state index contributed by atoms with van der Waals surface area (Å²) >= 11 is 5.60. The molecule has 0 fully saturated rings. The third kappa shape index (κ3) is 32.0. The van der Waals surface area contributed by atoms with E-state index in [9.17, 15) is 32.3 Å². The van der Waals surface area contributed by atoms with Gasteiger partial charge in [-0.2, -0.15) is 28.5 Å². The molecule has 12 aromatic rings. The summed E-state index contributed by atoms with van der Waals surface area (Å²) in [5.41, 5.74) is 9.25. The number of ether oxygens (including phenoxy) is 6. The van der Waals surface area contributed by atoms with E-state index in [-0.39, 0.29) is 78.5 Å². The van der Waals surface area contributed by atoms with Gasteiger partial charge in [-0.1, -0.05) is 65.6 Å². The molecule has 0 radical (unpaired) electrons. The van der Waals surface area contributed by atoms with Gasteiger partial charge in [0.15, 0.2) is 0 Å². The lowest BCUT2D eigenvalue weighted by Crippen LogP contribution is -2.27. The number of nitrogen functional groups attached to an aromatic ring is 1. The largest absolute Gasteiger partial charge is 0.444 e. The number of nitrogens with one attached hydrogen (secondary N) is 4. The molecule has 0 unspecified atom stereocenters. The first-order valence-electron chi connectivity index (χ1n) is 34.8. The van der Waals surface area contributed by atoms with Crippen molar-refractivity contribution in [2.75, 3.05) is 60.9 Å². The van der Waals surface area contributed by atoms with Crippen molar-refractivity contribution in [2.24, 2.45) is 0 Å². The number of nitrogens with zero attached hydrogens (tertiary/aromatic N) is 15. The van der Waals surface area contributed by atoms with Gasteiger partial charge >= 0.3 is 24.4 Å². The predicted molar refractivity (Wildman–Crippen MR) is 446 cm³/mol. The maximum Gasteiger partial charge on any atom is 0.417 e. The van der Waals surface area contributed by atoms with Crippen LogP contribution in [0, 0.1) is 0 Å². The maximum absolute atomic E-state index is 13.0. The average molecular weight is 1660 g/mol. The van der Waals surface area contributed by atoms with Crippen molar-refractivity contribution in [1.82, 2.24) is 74.1 Å². The number of alkyl halides is 3. The number of aliphatic hydroxyl groups excluding tert-OH is 3. The number of aliphatic hydroxyl groups is 3. The zero-order valence-electron chi connectivity index (χ0n) is 63.2. The molecule has 630 valence electrons. The van der Waals surface area contributed by atoms with Gasteiger partial charge in [-0.05, 0) is 126 Å². The van der Waals surface area contributed by atoms with Crippen LogP contribution in [-0.2, 0) is 35.3 Å². The number of halogens is 4. The Morgan fingerprint density at radius 1 is 0.454 bits per heavy atom. The Hall–Kier alpha value is -14.0. The molecule has 0 aliphatic rings. The molecule has 0 spiro atoms. The molecule has 0 saturated heterocycles. The van der Waals surface area contributed by atoms with E-state index in [2.05, 4.69) is 76.4 Å². The van der Waals surface area contributed by atoms with E-state index in [1.54, 1.807) is 201 Å². The van der Waals surface area contributed by atoms with Gasteiger partial charge in [-0.3, -0.25) is 29.5 Å². The SMILES string of the molecule is C.C.C.C.CC(C)(C)OC(=O)Nc1cccc(Oc2cc(-c3ccn(CCO)n3)ncn2)c1.CN(C)/C=C/C(=O)c1cc(Oc2cccc(NC(=O)OC(C)(C)C)c2)ncn1.Nc1cccc(Oc2cc(-c3ccn(CCO)n3)ncn2)c1.O=C(Nc1cccc(Oc2cc(-c3ccn(CCO)n3)ncn2)c1)Nc1ccc(Cl)c(C(F)(F)F)c1. The summed E-state index contributed by atoms with van der Waals surface area (Å²) in [5, 5.41) is 49.6. The van der Waals surface area contributed by atoms with E-state index in [4.69, 9.17) is 61.1 Å². The molecule has 37 heteroatoms. The van der Waals surface area contributed by atoms with Gasteiger partial charge < -0.3 is 65.0 Å². The number of benzene rings is 5. The van der Waals surface area contributed by atoms with Crippen LogP contribution in [0.5, 0.6) is 46.5 Å². The van der Waals surface area contributed by atoms with Gasteiger partial charge in [-0.25, -0.2) is 54.3 Å². The molecule has 12 rings (SSSR count). The minimum atomic E-state index is -4.66. The fourth-order valence-corrected chi connectivity index (χ4v) is 9.77. The number of aromatic nitrogens is 14. The standard InChI is InChI=1S/C23H18ClF3N6O3.C20H23N5O4.C20H24N4O4.C15H15N5O2.4CH4/c24-18-5-4-15(11-17(18)23(25,26)27)31-22(35)30-14-2-1-3-16(10-14)36-21-12-20(28-13-29-21)19-6-7-33(32-19)8-9-34;1-20(2,3)29-19(27)23-14-5-4-6-15(11-14)28-18-12-17(21-13-22-18)16-7-8-25(24-16)9-10-26;1-20(2,3)28-19(26)23-14-7-6-8-15(11-14)27-18-12-16(21-13-22-18)17(25)9-10-24(4)5;16-11-2-1-3-12(8-11)22-15-9-14(17-10-18-15)13-4-5-20(19-13)6-7-21;;;;/h1-7,10-13,34H,8-9H2,(H2,30,31,35);4-8,11-13,26H,9-10H2,1-3H3,(H,23,27);6-13H,1-5H3,(H,23,26);1-5,8-10,21H,6-7,16H2;4*1H4/b;;10-9+;;;;;. The van der Waals surface area contributed by atoms with Crippen molar-refractivity contribution >= 4 is 64.0 Å². The van der Waals surface area contributed by atoms with Crippen LogP contribution in [0.4, 0.5) is 56.0 Å². The third-order valence-electron chi connectivity index (χ3n) is 14.4. The molecule has 4 amide bonds. The van der Waals surface area contributed by atoms with Crippen LogP contribution >= 0.6 is 11.6 Å². The van der Waals surface area contributed by atoms with Crippen LogP contribution in [0.25, 0.3) is 34.2 Å². The van der Waals surface area contributed by atoms with Gasteiger partial charge in [0.1, 0.15) is 82.3 Å². The number of urea groups is 1. The van der Waals surface area contributed by atoms with E-state index in [0.29, 0.717) is 111 Å². The number of ketones is 1. The molecule has 0 atom stereocenters. The number of amides is 4. The van der Waals surface area contributed by atoms with E-state index in [1.807, 2.05) is 26.2 Å². The first-order valence-corrected chi connectivity index (χ1v) is 35.2. The monoisotopic (exact) mass is 1660 g/mol. The lowest BCUT2D eigenvalue weighted by Gasteiger charge is -2.19. The van der Waals surface area contributed by atoms with E-state index in [1.165, 1.54) is 49.6 Å². The zero-order valence-corrected chi connectivity index (χ0v) is 63.9. The average Bonchev–Trinajstić information content (AvgIpc) is 1.12. The molecule has 9 N–H and O–H groups in total. The summed E-state index contributed by atoms with van der Waals surface area (Å²) in [5.74, 6) is 2.80. The molecule has 119 heavy (non-hydrogen) atoms. The van der Waals surface area contributed by atoms with E-state index < -0.39 is 46.2 Å². The molecule has 7 heterocycles. The van der Waals surface area contributed by atoms with Crippen molar-refractivity contribution in [3.05, 3.63) is 230 Å². The normalized spacial score (nSPS) is 10.7. The van der Waals surface area contributed by atoms with Crippen molar-refractivity contribution in [2.45, 2.75) is 108 Å². The minimum absolute atomic E-state index is 0. The second-order valence-electron chi connectivity index (χ2n) is 26.3. The number of nitrogens with two attached hydrogens (primary N) is 1. The Kier molecular flexibility index (Phi) is 36.4. The van der Waals surface area contributed by atoms with Crippen LogP contribution in [0.2, 0.25) is 5.02 Å². The molecular weight excluding hydrogens is 1570 g/mol. The quantitative estimate of drug-likeness (QED) is 0.0158. The highest BCUT2D eigenvalue weighted by atomic mass is 35.5. The highest BCUT2D eigenvalue weighted by Crippen LogP contribution is 2.37. The minimum Gasteiger partial charge on any atom is -0.444 e. The fraction of sp³-hybridized carbons (Fsp3) is 0.256. The van der Waals surface area contributed by atoms with Crippen molar-refractivity contribution in [3.63, 3.8) is 0 Å². The van der Waals surface area contributed by atoms with Crippen molar-refractivity contribution in [1.29, 1.82) is 0 Å². The number of hydrogen-bond donors (Lipinski definition) is 8. The first-order chi connectivity index (χ1) is 54.9. The molecule has 0 aliphatic heterocycles. The second-order valence-corrected chi connectivity index (χ2v) is 26.7. The van der Waals surface area contributed by atoms with Crippen LogP contribution in [0.15, 0.2) is 214 Å². The number of allylic oxidation sites excluding steroid dienone is 1. The van der Waals surface area contributed by atoms with Crippen LogP contribution in [0.1, 0.15) is 87.3 Å². The van der Waals surface area contributed by atoms with Gasteiger partial charge in [0.05, 0.1) is 67.1 Å². The Balaban J connectivity index is 0.000000283. The number of hydrogen-bond acceptors (Lipinski definition) is 26. The summed E-state index contributed by atoms with van der Waals surface area (Å²) in [6, 6.07) is 41.2. The fourth-order valence-electron chi connectivity index (χ4n) is 9.54. The van der Waals surface area contributed by atoms with Crippen molar-refractivity contribution < 1.29 is 76.1 Å². The molecule has 0 saturated carbocycles. The Morgan fingerprint density at radius 2 is 0.807 bits per heavy atom. The van der Waals surface area contributed by atoms with Gasteiger partial charge in [0.25, 0.3) is 0 Å². The second kappa shape index (κ2) is 45.4. The van der Waals surface area contributed by atoms with Crippen LogP contribution < -0.4 is 45.9 Å². The Morgan fingerprint density at radius 3 is 1.17 bits per heavy atom. The third-order valence-corrected chi connectivity index (χ3v) is 14.7. The van der Waals surface area contributed by atoms with E-state index in [0.717, 1.165) is 12.1 Å². The topological polar surface area (TPSA) is 418 Å². The molecule has 7 aromatic heterocycles. The first kappa shape index (κ1) is 95.6. The van der Waals surface area contributed by atoms with E-state index >= 15 is 0 Å². The molecule has 0 aliphatic carbocycles. The molecular formula is C82H96ClF3N20O13. The summed E-state index contributed by atoms with van der Waals surface area (Å²) in [7, 11) is 3.63. The van der Waals surface area contributed by atoms with Crippen LogP contribution in [0.3, 0.4) is 0 Å². The predicted octanol–water partition coefficient (Wildman–Crippen LogP) is 17.0. The highest BCUT2D eigenvalue weighted by Gasteiger charge is 2.33. The lowest BCUT2D eigenvalue weighted by atomic mass is 10.2. The highest BCUT2D eigenvalue weighted by molar-refractivity contribution is 6.31. The number of carbonyl (C=O) groups is 4. The lowest BCUT2D eigenvalue weighted by molar-refractivity contribution is -0.137. The maximum atomic E-state index is 13.0. The molecule has 0 bridgehead atoms. The van der Waals surface area contributed by atoms with Crippen molar-refractivity contribution in [3.8, 4) is 80.7 Å². The zero-order chi connectivity index (χ0) is 82.7. The summed E-state index contributed by atoms with van der Waals surface area (Å²) in [6.45, 7) is 11.9. The Labute approximate surface area is 691 Å². The van der Waals surface area contributed by atoms with Crippen LogP contribution in [-0.4, -0.2) is 159 Å². The van der Waals surface area contributed by atoms with Gasteiger partial charge in [0, 0.05) is 122 Å². The molecule has 33 nitrogen and oxygen atoms in total.